The molecule has 2 heterocycles. The van der Waals surface area contributed by atoms with Gasteiger partial charge in [-0.3, -0.25) is 4.90 Å². The van der Waals surface area contributed by atoms with Gasteiger partial charge in [-0.2, -0.15) is 14.8 Å². The van der Waals surface area contributed by atoms with Crippen molar-refractivity contribution in [3.05, 3.63) is 54.1 Å². The van der Waals surface area contributed by atoms with Gasteiger partial charge in [0.1, 0.15) is 5.75 Å². The van der Waals surface area contributed by atoms with Crippen molar-refractivity contribution >= 4 is 15.7 Å². The molecule has 0 saturated carbocycles. The normalized spacial score (nSPS) is 17.8. The third-order valence-electron chi connectivity index (χ3n) is 7.67. The lowest BCUT2D eigenvalue weighted by molar-refractivity contribution is 0.153. The molecule has 0 aliphatic carbocycles. The van der Waals surface area contributed by atoms with Gasteiger partial charge in [-0.25, -0.2) is 8.42 Å². The van der Waals surface area contributed by atoms with Crippen molar-refractivity contribution in [3.63, 3.8) is 0 Å². The Bertz CT molecular complexity index is 1220. The lowest BCUT2D eigenvalue weighted by atomic mass is 9.78. The molecule has 1 spiro atoms. The quantitative estimate of drug-likeness (QED) is 0.466. The van der Waals surface area contributed by atoms with E-state index < -0.39 is 10.0 Å². The van der Waals surface area contributed by atoms with E-state index in [0.29, 0.717) is 44.8 Å². The minimum Gasteiger partial charge on any atom is -0.497 e. The second-order valence-electron chi connectivity index (χ2n) is 10.0. The van der Waals surface area contributed by atoms with E-state index in [1.807, 2.05) is 0 Å². The topological polar surface area (TPSA) is 101 Å². The van der Waals surface area contributed by atoms with E-state index in [1.54, 1.807) is 35.7 Å². The summed E-state index contributed by atoms with van der Waals surface area (Å²) in [5.74, 6) is 0.547. The number of sulfonamides is 1. The first-order chi connectivity index (χ1) is 17.9. The Morgan fingerprint density at radius 3 is 2.24 bits per heavy atom. The predicted molar refractivity (Wildman–Crippen MR) is 142 cm³/mol. The molecule has 2 saturated heterocycles. The van der Waals surface area contributed by atoms with Gasteiger partial charge in [0.2, 0.25) is 10.0 Å². The number of methoxy groups -OCH3 is 1. The largest absolute Gasteiger partial charge is 0.497 e. The second-order valence-corrected chi connectivity index (χ2v) is 12.0. The molecule has 2 aliphatic rings. The van der Waals surface area contributed by atoms with Gasteiger partial charge in [0.25, 0.3) is 0 Å². The van der Waals surface area contributed by atoms with Crippen molar-refractivity contribution in [2.45, 2.75) is 43.5 Å². The molecule has 2 fully saturated rings. The van der Waals surface area contributed by atoms with Gasteiger partial charge in [0.05, 0.1) is 37.0 Å². The Balaban J connectivity index is 1.32. The number of rotatable bonds is 10. The fourth-order valence-corrected chi connectivity index (χ4v) is 6.97. The fourth-order valence-electron chi connectivity index (χ4n) is 5.49. The minimum absolute atomic E-state index is 0.172. The number of hydrogen-bond acceptors (Lipinski definition) is 7. The van der Waals surface area contributed by atoms with Crippen LogP contribution in [0.1, 0.15) is 37.7 Å². The molecule has 0 bridgehead atoms. The Morgan fingerprint density at radius 2 is 1.62 bits per heavy atom. The van der Waals surface area contributed by atoms with E-state index in [-0.39, 0.29) is 10.3 Å². The molecule has 0 amide bonds. The minimum atomic E-state index is -3.53. The zero-order valence-electron chi connectivity index (χ0n) is 21.5. The highest BCUT2D eigenvalue weighted by molar-refractivity contribution is 7.89. The maximum atomic E-state index is 13.2. The van der Waals surface area contributed by atoms with E-state index in [9.17, 15) is 8.42 Å². The molecule has 0 N–H and O–H groups in total. The standard InChI is InChI=1S/C28H35N5O3S/c1-36-26-5-2-6-27(21-26)37(34,35)33-19-12-28(13-20-33)11-18-31(23-28)22-24-7-9-25(10-8-24)32(16-3-14-29)17-4-15-30/h2,5-10,21H,3-4,11-13,16-20,22-23H2,1H3. The van der Waals surface area contributed by atoms with Crippen LogP contribution >= 0.6 is 0 Å². The van der Waals surface area contributed by atoms with Crippen LogP contribution in [0.25, 0.3) is 0 Å². The Labute approximate surface area is 220 Å². The number of piperidine rings is 1. The van der Waals surface area contributed by atoms with Crippen molar-refractivity contribution in [2.75, 3.05) is 51.3 Å². The van der Waals surface area contributed by atoms with E-state index in [0.717, 1.165) is 44.6 Å². The highest BCUT2D eigenvalue weighted by Gasteiger charge is 2.42. The van der Waals surface area contributed by atoms with Crippen molar-refractivity contribution < 1.29 is 13.2 Å². The molecular formula is C28H35N5O3S. The third-order valence-corrected chi connectivity index (χ3v) is 9.57. The predicted octanol–water partition coefficient (Wildman–Crippen LogP) is 4.01. The molecule has 0 aromatic heterocycles. The first kappa shape index (κ1) is 26.9. The Morgan fingerprint density at radius 1 is 0.973 bits per heavy atom. The molecule has 4 rings (SSSR count). The van der Waals surface area contributed by atoms with Gasteiger partial charge in [-0.15, -0.1) is 0 Å². The monoisotopic (exact) mass is 521 g/mol. The molecule has 2 aromatic rings. The first-order valence-corrected chi connectivity index (χ1v) is 14.3. The van der Waals surface area contributed by atoms with Crippen LogP contribution in [-0.4, -0.2) is 64.0 Å². The zero-order valence-corrected chi connectivity index (χ0v) is 22.3. The first-order valence-electron chi connectivity index (χ1n) is 12.8. The van der Waals surface area contributed by atoms with Crippen LogP contribution < -0.4 is 9.64 Å². The summed E-state index contributed by atoms with van der Waals surface area (Å²) < 4.78 is 33.2. The summed E-state index contributed by atoms with van der Waals surface area (Å²) in [6.45, 7) is 5.20. The SMILES string of the molecule is COc1cccc(S(=O)(=O)N2CCC3(CCN(Cc4ccc(N(CCC#N)CCC#N)cc4)C3)CC2)c1. The van der Waals surface area contributed by atoms with Gasteiger partial charge in [-0.05, 0) is 61.1 Å². The molecule has 196 valence electrons. The number of ether oxygens (including phenoxy) is 1. The third kappa shape index (κ3) is 6.42. The van der Waals surface area contributed by atoms with Gasteiger partial charge in [-0.1, -0.05) is 18.2 Å². The average Bonchev–Trinajstić information content (AvgIpc) is 3.31. The number of nitrogens with zero attached hydrogens (tertiary/aromatic N) is 5. The lowest BCUT2D eigenvalue weighted by Crippen LogP contribution is -2.44. The van der Waals surface area contributed by atoms with Crippen LogP contribution in [0.2, 0.25) is 0 Å². The average molecular weight is 522 g/mol. The van der Waals surface area contributed by atoms with Crippen LogP contribution in [-0.2, 0) is 16.6 Å². The zero-order chi connectivity index (χ0) is 26.3. The molecule has 8 nitrogen and oxygen atoms in total. The Hall–Kier alpha value is -3.11. The molecular weight excluding hydrogens is 486 g/mol. The van der Waals surface area contributed by atoms with Gasteiger partial charge in [0.15, 0.2) is 0 Å². The highest BCUT2D eigenvalue weighted by atomic mass is 32.2. The van der Waals surface area contributed by atoms with Crippen molar-refractivity contribution in [3.8, 4) is 17.9 Å². The van der Waals surface area contributed by atoms with E-state index in [2.05, 4.69) is 46.2 Å². The summed E-state index contributed by atoms with van der Waals surface area (Å²) >= 11 is 0. The van der Waals surface area contributed by atoms with E-state index in [4.69, 9.17) is 15.3 Å². The molecule has 0 unspecified atom stereocenters. The van der Waals surface area contributed by atoms with Crippen LogP contribution in [0.5, 0.6) is 5.75 Å². The second kappa shape index (κ2) is 12.0. The van der Waals surface area contributed by atoms with Crippen LogP contribution in [0.4, 0.5) is 5.69 Å². The van der Waals surface area contributed by atoms with E-state index >= 15 is 0 Å². The van der Waals surface area contributed by atoms with Gasteiger partial charge in [0, 0.05) is 51.0 Å². The maximum absolute atomic E-state index is 13.2. The summed E-state index contributed by atoms with van der Waals surface area (Å²) in [5.41, 5.74) is 2.45. The van der Waals surface area contributed by atoms with Crippen molar-refractivity contribution in [1.29, 1.82) is 10.5 Å². The summed E-state index contributed by atoms with van der Waals surface area (Å²) in [4.78, 5) is 4.86. The molecule has 2 aromatic carbocycles. The maximum Gasteiger partial charge on any atom is 0.243 e. The molecule has 0 atom stereocenters. The molecule has 0 radical (unpaired) electrons. The molecule has 2 aliphatic heterocycles. The fraction of sp³-hybridized carbons (Fsp3) is 0.500. The summed E-state index contributed by atoms with van der Waals surface area (Å²) in [7, 11) is -1.99. The van der Waals surface area contributed by atoms with Gasteiger partial charge < -0.3 is 9.64 Å². The number of likely N-dealkylation sites (tertiary alicyclic amines) is 1. The van der Waals surface area contributed by atoms with Crippen LogP contribution in [0.15, 0.2) is 53.4 Å². The van der Waals surface area contributed by atoms with Crippen LogP contribution in [0, 0.1) is 28.1 Å². The number of nitriles is 2. The van der Waals surface area contributed by atoms with E-state index in [1.165, 1.54) is 5.56 Å². The van der Waals surface area contributed by atoms with Gasteiger partial charge >= 0.3 is 0 Å². The number of benzene rings is 2. The number of hydrogen-bond donors (Lipinski definition) is 0. The smallest absolute Gasteiger partial charge is 0.243 e. The van der Waals surface area contributed by atoms with Crippen molar-refractivity contribution in [1.82, 2.24) is 9.21 Å². The lowest BCUT2D eigenvalue weighted by Gasteiger charge is -2.38. The highest BCUT2D eigenvalue weighted by Crippen LogP contribution is 2.42. The van der Waals surface area contributed by atoms with Crippen molar-refractivity contribution in [2.24, 2.45) is 5.41 Å². The molecule has 37 heavy (non-hydrogen) atoms. The molecule has 9 heteroatoms. The Kier molecular flexibility index (Phi) is 8.71. The summed E-state index contributed by atoms with van der Waals surface area (Å²) in [6.07, 6.45) is 3.70. The number of anilines is 1. The van der Waals surface area contributed by atoms with Crippen LogP contribution in [0.3, 0.4) is 0 Å². The summed E-state index contributed by atoms with van der Waals surface area (Å²) in [5, 5.41) is 17.9. The summed E-state index contributed by atoms with van der Waals surface area (Å²) in [6, 6.07) is 19.5.